The molecule has 1 N–H and O–H groups in total. The Morgan fingerprint density at radius 1 is 1.24 bits per heavy atom. The van der Waals surface area contributed by atoms with E-state index in [0.29, 0.717) is 18.1 Å². The molecular weight excluding hydrogens is 336 g/mol. The van der Waals surface area contributed by atoms with Crippen molar-refractivity contribution in [2.24, 2.45) is 0 Å². The van der Waals surface area contributed by atoms with Gasteiger partial charge >= 0.3 is 0 Å². The Bertz CT molecular complexity index is 716. The molecular formula is C20H25ClN2O2. The molecule has 0 saturated heterocycles. The van der Waals surface area contributed by atoms with E-state index < -0.39 is 0 Å². The highest BCUT2D eigenvalue weighted by Gasteiger charge is 2.13. The Labute approximate surface area is 154 Å². The molecule has 0 radical (unpaired) electrons. The molecule has 0 bridgehead atoms. The summed E-state index contributed by atoms with van der Waals surface area (Å²) in [6, 6.07) is 13.5. The summed E-state index contributed by atoms with van der Waals surface area (Å²) in [7, 11) is 3.59. The average molecular weight is 361 g/mol. The highest BCUT2D eigenvalue weighted by molar-refractivity contribution is 6.30. The van der Waals surface area contributed by atoms with Crippen molar-refractivity contribution in [3.8, 4) is 5.75 Å². The second-order valence-corrected chi connectivity index (χ2v) is 6.76. The molecule has 0 fully saturated rings. The van der Waals surface area contributed by atoms with E-state index in [1.165, 1.54) is 5.56 Å². The lowest BCUT2D eigenvalue weighted by Gasteiger charge is -2.20. The fourth-order valence-corrected chi connectivity index (χ4v) is 2.87. The predicted molar refractivity (Wildman–Crippen MR) is 102 cm³/mol. The Hall–Kier alpha value is -2.04. The summed E-state index contributed by atoms with van der Waals surface area (Å²) >= 11 is 5.90. The second-order valence-electron chi connectivity index (χ2n) is 6.33. The maximum absolute atomic E-state index is 12.3. The average Bonchev–Trinajstić information content (AvgIpc) is 2.55. The number of nitrogens with zero attached hydrogens (tertiary/aromatic N) is 1. The number of halogens is 1. The first-order chi connectivity index (χ1) is 11.9. The molecule has 2 aromatic rings. The third-order valence-corrected chi connectivity index (χ3v) is 4.29. The Morgan fingerprint density at radius 3 is 2.56 bits per heavy atom. The van der Waals surface area contributed by atoms with Gasteiger partial charge in [0.15, 0.2) is 0 Å². The van der Waals surface area contributed by atoms with Gasteiger partial charge in [-0.25, -0.2) is 0 Å². The molecule has 0 spiro atoms. The third-order valence-electron chi connectivity index (χ3n) is 4.04. The van der Waals surface area contributed by atoms with Crippen molar-refractivity contribution in [2.45, 2.75) is 26.4 Å². The van der Waals surface area contributed by atoms with Crippen LogP contribution in [0.15, 0.2) is 42.5 Å². The number of rotatable bonds is 7. The second kappa shape index (κ2) is 8.88. The fraction of sp³-hybridized carbons (Fsp3) is 0.350. The number of ether oxygens (including phenoxy) is 1. The third kappa shape index (κ3) is 5.76. The zero-order valence-corrected chi connectivity index (χ0v) is 15.9. The number of amides is 1. The molecule has 0 unspecified atom stereocenters. The van der Waals surface area contributed by atoms with Crippen LogP contribution < -0.4 is 10.1 Å². The summed E-state index contributed by atoms with van der Waals surface area (Å²) in [6.07, 6.45) is 0. The quantitative estimate of drug-likeness (QED) is 0.812. The molecule has 0 saturated carbocycles. The van der Waals surface area contributed by atoms with Gasteiger partial charge in [-0.2, -0.15) is 0 Å². The van der Waals surface area contributed by atoms with Crippen LogP contribution in [0.5, 0.6) is 5.75 Å². The molecule has 0 heterocycles. The lowest BCUT2D eigenvalue weighted by molar-refractivity contribution is -0.122. The molecule has 2 rings (SSSR count). The number of likely N-dealkylation sites (N-methyl/N-ethyl adjacent to an activating group) is 1. The van der Waals surface area contributed by atoms with Crippen molar-refractivity contribution in [2.75, 3.05) is 20.7 Å². The topological polar surface area (TPSA) is 41.6 Å². The van der Waals surface area contributed by atoms with Crippen LogP contribution in [0.3, 0.4) is 0 Å². The van der Waals surface area contributed by atoms with Gasteiger partial charge in [0.25, 0.3) is 0 Å². The normalized spacial score (nSPS) is 12.1. The van der Waals surface area contributed by atoms with Gasteiger partial charge in [0.2, 0.25) is 5.91 Å². The number of carbonyl (C=O) groups is 1. The summed E-state index contributed by atoms with van der Waals surface area (Å²) in [4.78, 5) is 14.3. The minimum absolute atomic E-state index is 0.0171. The molecule has 0 aliphatic rings. The molecule has 0 aliphatic carbocycles. The van der Waals surface area contributed by atoms with Crippen LogP contribution in [0, 0.1) is 6.92 Å². The van der Waals surface area contributed by atoms with Gasteiger partial charge in [0, 0.05) is 17.1 Å². The number of methoxy groups -OCH3 is 1. The molecule has 1 atom stereocenters. The van der Waals surface area contributed by atoms with Gasteiger partial charge in [-0.15, -0.1) is 0 Å². The van der Waals surface area contributed by atoms with E-state index in [1.807, 2.05) is 62.2 Å². The summed E-state index contributed by atoms with van der Waals surface area (Å²) < 4.78 is 5.40. The van der Waals surface area contributed by atoms with Gasteiger partial charge in [0.1, 0.15) is 5.75 Å². The first kappa shape index (κ1) is 19.3. The van der Waals surface area contributed by atoms with Crippen molar-refractivity contribution < 1.29 is 9.53 Å². The lowest BCUT2D eigenvalue weighted by atomic mass is 10.1. The van der Waals surface area contributed by atoms with Crippen LogP contribution in [0.25, 0.3) is 0 Å². The summed E-state index contributed by atoms with van der Waals surface area (Å²) in [5.74, 6) is 0.823. The largest absolute Gasteiger partial charge is 0.496 e. The highest BCUT2D eigenvalue weighted by Crippen LogP contribution is 2.21. The van der Waals surface area contributed by atoms with Gasteiger partial charge in [-0.05, 0) is 44.7 Å². The number of hydrogen-bond donors (Lipinski definition) is 1. The van der Waals surface area contributed by atoms with Crippen LogP contribution in [0.4, 0.5) is 0 Å². The van der Waals surface area contributed by atoms with E-state index in [-0.39, 0.29) is 11.9 Å². The number of hydrogen-bond acceptors (Lipinski definition) is 3. The SMILES string of the molecule is COc1ccc(C)cc1CN(C)CC(=O)N[C@@H](C)c1ccc(Cl)cc1. The van der Waals surface area contributed by atoms with Gasteiger partial charge < -0.3 is 10.1 Å². The van der Waals surface area contributed by atoms with Crippen molar-refractivity contribution in [3.05, 3.63) is 64.2 Å². The van der Waals surface area contributed by atoms with Crippen LogP contribution in [-0.2, 0) is 11.3 Å². The fourth-order valence-electron chi connectivity index (χ4n) is 2.74. The van der Waals surface area contributed by atoms with Gasteiger partial charge in [-0.1, -0.05) is 41.4 Å². The van der Waals surface area contributed by atoms with Crippen LogP contribution in [-0.4, -0.2) is 31.5 Å². The highest BCUT2D eigenvalue weighted by atomic mass is 35.5. The molecule has 134 valence electrons. The van der Waals surface area contributed by atoms with Crippen molar-refractivity contribution >= 4 is 17.5 Å². The minimum Gasteiger partial charge on any atom is -0.496 e. The summed E-state index contributed by atoms with van der Waals surface area (Å²) in [6.45, 7) is 4.97. The monoisotopic (exact) mass is 360 g/mol. The van der Waals surface area contributed by atoms with Crippen molar-refractivity contribution in [1.29, 1.82) is 0 Å². The van der Waals surface area contributed by atoms with Crippen LogP contribution >= 0.6 is 11.6 Å². The number of carbonyl (C=O) groups excluding carboxylic acids is 1. The van der Waals surface area contributed by atoms with E-state index in [2.05, 4.69) is 11.4 Å². The number of benzene rings is 2. The molecule has 5 heteroatoms. The standard InChI is InChI=1S/C20H25ClN2O2/c1-14-5-10-19(25-4)17(11-14)12-23(3)13-20(24)22-15(2)16-6-8-18(21)9-7-16/h5-11,15H,12-13H2,1-4H3,(H,22,24)/t15-/m0/s1. The van der Waals surface area contributed by atoms with Crippen LogP contribution in [0.1, 0.15) is 29.7 Å². The molecule has 0 aromatic heterocycles. The first-order valence-corrected chi connectivity index (χ1v) is 8.63. The van der Waals surface area contributed by atoms with E-state index in [0.717, 1.165) is 16.9 Å². The zero-order chi connectivity index (χ0) is 18.4. The Balaban J connectivity index is 1.91. The van der Waals surface area contributed by atoms with Crippen molar-refractivity contribution in [1.82, 2.24) is 10.2 Å². The molecule has 25 heavy (non-hydrogen) atoms. The number of nitrogens with one attached hydrogen (secondary N) is 1. The maximum atomic E-state index is 12.3. The Morgan fingerprint density at radius 2 is 1.92 bits per heavy atom. The van der Waals surface area contributed by atoms with Crippen molar-refractivity contribution in [3.63, 3.8) is 0 Å². The summed E-state index contributed by atoms with van der Waals surface area (Å²) in [5, 5.41) is 3.71. The van der Waals surface area contributed by atoms with E-state index >= 15 is 0 Å². The van der Waals surface area contributed by atoms with Gasteiger partial charge in [-0.3, -0.25) is 9.69 Å². The lowest BCUT2D eigenvalue weighted by Crippen LogP contribution is -2.36. The van der Waals surface area contributed by atoms with Gasteiger partial charge in [0.05, 0.1) is 19.7 Å². The molecule has 2 aromatic carbocycles. The zero-order valence-electron chi connectivity index (χ0n) is 15.2. The molecule has 1 amide bonds. The van der Waals surface area contributed by atoms with E-state index in [1.54, 1.807) is 7.11 Å². The summed E-state index contributed by atoms with van der Waals surface area (Å²) in [5.41, 5.74) is 3.27. The van der Waals surface area contributed by atoms with E-state index in [4.69, 9.17) is 16.3 Å². The maximum Gasteiger partial charge on any atom is 0.234 e. The smallest absolute Gasteiger partial charge is 0.234 e. The minimum atomic E-state index is -0.0633. The van der Waals surface area contributed by atoms with E-state index in [9.17, 15) is 4.79 Å². The predicted octanol–water partition coefficient (Wildman–Crippen LogP) is 3.97. The number of aryl methyl sites for hydroxylation is 1. The van der Waals surface area contributed by atoms with Crippen LogP contribution in [0.2, 0.25) is 5.02 Å². The molecule has 0 aliphatic heterocycles. The molecule has 4 nitrogen and oxygen atoms in total. The first-order valence-electron chi connectivity index (χ1n) is 8.26. The Kier molecular flexibility index (Phi) is 6.85.